The SMILES string of the molecule is CCC(C)(OC)C(=O)Nc1c(F)cccc1F. The maximum absolute atomic E-state index is 13.3. The third-order valence-corrected chi connectivity index (χ3v) is 2.81. The summed E-state index contributed by atoms with van der Waals surface area (Å²) in [6.07, 6.45) is 0.394. The molecule has 3 nitrogen and oxygen atoms in total. The number of rotatable bonds is 4. The average molecular weight is 243 g/mol. The van der Waals surface area contributed by atoms with E-state index in [1.54, 1.807) is 13.8 Å². The van der Waals surface area contributed by atoms with Crippen LogP contribution in [0.25, 0.3) is 0 Å². The summed E-state index contributed by atoms with van der Waals surface area (Å²) in [6.45, 7) is 3.31. The molecule has 0 radical (unpaired) electrons. The van der Waals surface area contributed by atoms with Crippen molar-refractivity contribution in [3.05, 3.63) is 29.8 Å². The highest BCUT2D eigenvalue weighted by Crippen LogP contribution is 2.22. The van der Waals surface area contributed by atoms with Crippen molar-refractivity contribution in [3.8, 4) is 0 Å². The van der Waals surface area contributed by atoms with Gasteiger partial charge in [-0.05, 0) is 25.5 Å². The minimum Gasteiger partial charge on any atom is -0.369 e. The van der Waals surface area contributed by atoms with E-state index in [2.05, 4.69) is 5.32 Å². The Morgan fingerprint density at radius 2 is 1.94 bits per heavy atom. The number of halogens is 2. The van der Waals surface area contributed by atoms with E-state index in [-0.39, 0.29) is 0 Å². The van der Waals surface area contributed by atoms with Crippen molar-refractivity contribution in [2.24, 2.45) is 0 Å². The first kappa shape index (κ1) is 13.6. The zero-order chi connectivity index (χ0) is 13.1. The Morgan fingerprint density at radius 3 is 2.35 bits per heavy atom. The molecular weight excluding hydrogens is 228 g/mol. The molecule has 0 spiro atoms. The monoisotopic (exact) mass is 243 g/mol. The van der Waals surface area contributed by atoms with Crippen LogP contribution in [0.5, 0.6) is 0 Å². The first-order chi connectivity index (χ1) is 7.94. The van der Waals surface area contributed by atoms with Gasteiger partial charge in [0, 0.05) is 7.11 Å². The van der Waals surface area contributed by atoms with Crippen LogP contribution in [0.3, 0.4) is 0 Å². The van der Waals surface area contributed by atoms with E-state index in [4.69, 9.17) is 4.74 Å². The normalized spacial score (nSPS) is 14.2. The molecule has 17 heavy (non-hydrogen) atoms. The molecule has 0 fully saturated rings. The second-order valence-corrected chi connectivity index (χ2v) is 3.84. The van der Waals surface area contributed by atoms with Gasteiger partial charge in [-0.1, -0.05) is 13.0 Å². The molecule has 0 aliphatic rings. The molecule has 0 aromatic heterocycles. The molecule has 94 valence electrons. The molecule has 1 N–H and O–H groups in total. The quantitative estimate of drug-likeness (QED) is 0.883. The number of benzene rings is 1. The maximum Gasteiger partial charge on any atom is 0.256 e. The third-order valence-electron chi connectivity index (χ3n) is 2.81. The van der Waals surface area contributed by atoms with Gasteiger partial charge in [-0.15, -0.1) is 0 Å². The van der Waals surface area contributed by atoms with Crippen molar-refractivity contribution in [1.29, 1.82) is 0 Å². The third kappa shape index (κ3) is 2.79. The van der Waals surface area contributed by atoms with E-state index in [0.29, 0.717) is 6.42 Å². The van der Waals surface area contributed by atoms with Gasteiger partial charge < -0.3 is 10.1 Å². The molecule has 0 heterocycles. The largest absolute Gasteiger partial charge is 0.369 e. The molecule has 0 bridgehead atoms. The van der Waals surface area contributed by atoms with E-state index in [9.17, 15) is 13.6 Å². The van der Waals surface area contributed by atoms with Gasteiger partial charge in [0.1, 0.15) is 22.9 Å². The fourth-order valence-electron chi connectivity index (χ4n) is 1.26. The van der Waals surface area contributed by atoms with Gasteiger partial charge in [0.25, 0.3) is 5.91 Å². The van der Waals surface area contributed by atoms with Crippen molar-refractivity contribution < 1.29 is 18.3 Å². The number of methoxy groups -OCH3 is 1. The number of carbonyl (C=O) groups is 1. The molecule has 0 aliphatic heterocycles. The summed E-state index contributed by atoms with van der Waals surface area (Å²) < 4.78 is 31.7. The topological polar surface area (TPSA) is 38.3 Å². The molecule has 1 aromatic carbocycles. The van der Waals surface area contributed by atoms with Crippen LogP contribution in [0.1, 0.15) is 20.3 Å². The second-order valence-electron chi connectivity index (χ2n) is 3.84. The van der Waals surface area contributed by atoms with Crippen LogP contribution in [-0.4, -0.2) is 18.6 Å². The summed E-state index contributed by atoms with van der Waals surface area (Å²) in [6, 6.07) is 3.39. The van der Waals surface area contributed by atoms with Crippen LogP contribution in [0.2, 0.25) is 0 Å². The number of ether oxygens (including phenoxy) is 1. The highest BCUT2D eigenvalue weighted by Gasteiger charge is 2.32. The van der Waals surface area contributed by atoms with Crippen molar-refractivity contribution in [2.75, 3.05) is 12.4 Å². The standard InChI is InChI=1S/C12H15F2NO2/c1-4-12(2,17-3)11(16)15-10-8(13)6-5-7-9(10)14/h5-7H,4H2,1-3H3,(H,15,16). The Kier molecular flexibility index (Phi) is 4.17. The molecule has 1 unspecified atom stereocenters. The number of hydrogen-bond donors (Lipinski definition) is 1. The van der Waals surface area contributed by atoms with Gasteiger partial charge in [-0.25, -0.2) is 8.78 Å². The molecule has 0 saturated carbocycles. The number of para-hydroxylation sites is 1. The first-order valence-corrected chi connectivity index (χ1v) is 5.25. The fourth-order valence-corrected chi connectivity index (χ4v) is 1.26. The Labute approximate surface area is 98.8 Å². The van der Waals surface area contributed by atoms with E-state index >= 15 is 0 Å². The number of anilines is 1. The van der Waals surface area contributed by atoms with Gasteiger partial charge in [-0.3, -0.25) is 4.79 Å². The molecule has 0 aliphatic carbocycles. The first-order valence-electron chi connectivity index (χ1n) is 5.25. The number of hydrogen-bond acceptors (Lipinski definition) is 2. The molecular formula is C12H15F2NO2. The lowest BCUT2D eigenvalue weighted by atomic mass is 10.0. The summed E-state index contributed by atoms with van der Waals surface area (Å²) in [5, 5.41) is 2.21. The van der Waals surface area contributed by atoms with Gasteiger partial charge in [0.2, 0.25) is 0 Å². The Balaban J connectivity index is 2.96. The Morgan fingerprint density at radius 1 is 1.41 bits per heavy atom. The number of nitrogens with one attached hydrogen (secondary N) is 1. The smallest absolute Gasteiger partial charge is 0.256 e. The van der Waals surface area contributed by atoms with Crippen molar-refractivity contribution in [2.45, 2.75) is 25.9 Å². The second kappa shape index (κ2) is 5.23. The average Bonchev–Trinajstić information content (AvgIpc) is 2.32. The molecule has 5 heteroatoms. The lowest BCUT2D eigenvalue weighted by Gasteiger charge is -2.25. The fraction of sp³-hybridized carbons (Fsp3) is 0.417. The van der Waals surface area contributed by atoms with Gasteiger partial charge in [0.15, 0.2) is 0 Å². The molecule has 1 atom stereocenters. The minimum absolute atomic E-state index is 0.394. The van der Waals surface area contributed by atoms with Crippen LogP contribution in [0, 0.1) is 11.6 Å². The Hall–Kier alpha value is -1.49. The number of amides is 1. The predicted molar refractivity (Wildman–Crippen MR) is 60.7 cm³/mol. The summed E-state index contributed by atoms with van der Waals surface area (Å²) >= 11 is 0. The van der Waals surface area contributed by atoms with Crippen LogP contribution in [-0.2, 0) is 9.53 Å². The molecule has 0 saturated heterocycles. The van der Waals surface area contributed by atoms with E-state index in [1.165, 1.54) is 13.2 Å². The lowest BCUT2D eigenvalue weighted by Crippen LogP contribution is -2.41. The zero-order valence-electron chi connectivity index (χ0n) is 10.0. The van der Waals surface area contributed by atoms with Gasteiger partial charge in [-0.2, -0.15) is 0 Å². The van der Waals surface area contributed by atoms with Crippen LogP contribution in [0.4, 0.5) is 14.5 Å². The highest BCUT2D eigenvalue weighted by molar-refractivity contribution is 5.97. The van der Waals surface area contributed by atoms with Crippen molar-refractivity contribution >= 4 is 11.6 Å². The molecule has 1 rings (SSSR count). The maximum atomic E-state index is 13.3. The van der Waals surface area contributed by atoms with Crippen molar-refractivity contribution in [3.63, 3.8) is 0 Å². The molecule has 1 aromatic rings. The van der Waals surface area contributed by atoms with Crippen LogP contribution < -0.4 is 5.32 Å². The minimum atomic E-state index is -1.10. The molecule has 1 amide bonds. The van der Waals surface area contributed by atoms with Crippen LogP contribution in [0.15, 0.2) is 18.2 Å². The van der Waals surface area contributed by atoms with Crippen LogP contribution >= 0.6 is 0 Å². The summed E-state index contributed by atoms with van der Waals surface area (Å²) in [5.74, 6) is -2.20. The van der Waals surface area contributed by atoms with E-state index in [0.717, 1.165) is 12.1 Å². The van der Waals surface area contributed by atoms with Crippen molar-refractivity contribution in [1.82, 2.24) is 0 Å². The van der Waals surface area contributed by atoms with Gasteiger partial charge in [0.05, 0.1) is 0 Å². The summed E-state index contributed by atoms with van der Waals surface area (Å²) in [4.78, 5) is 11.8. The summed E-state index contributed by atoms with van der Waals surface area (Å²) in [5.41, 5.74) is -1.55. The summed E-state index contributed by atoms with van der Waals surface area (Å²) in [7, 11) is 1.38. The lowest BCUT2D eigenvalue weighted by molar-refractivity contribution is -0.136. The highest BCUT2D eigenvalue weighted by atomic mass is 19.1. The van der Waals surface area contributed by atoms with E-state index < -0.39 is 28.8 Å². The Bertz CT molecular complexity index is 397. The predicted octanol–water partition coefficient (Wildman–Crippen LogP) is 2.72. The number of carbonyl (C=O) groups excluding carboxylic acids is 1. The zero-order valence-corrected chi connectivity index (χ0v) is 10.0. The van der Waals surface area contributed by atoms with E-state index in [1.807, 2.05) is 0 Å². The van der Waals surface area contributed by atoms with Gasteiger partial charge >= 0.3 is 0 Å².